The van der Waals surface area contributed by atoms with Crippen molar-refractivity contribution in [3.05, 3.63) is 64.1 Å². The Hall–Kier alpha value is -1.71. The number of carbonyl (C=O) groups is 1. The number of anilines is 1. The summed E-state index contributed by atoms with van der Waals surface area (Å²) in [4.78, 5) is 12.0. The topological polar surface area (TPSA) is 38.3 Å². The zero-order chi connectivity index (χ0) is 15.5. The van der Waals surface area contributed by atoms with E-state index in [1.165, 1.54) is 0 Å². The maximum Gasteiger partial charge on any atom is 0.412 e. The number of benzene rings is 2. The van der Waals surface area contributed by atoms with Gasteiger partial charge in [-0.2, -0.15) is 0 Å². The number of amides is 1. The van der Waals surface area contributed by atoms with Crippen molar-refractivity contribution in [3.8, 4) is 0 Å². The molecule has 0 atom stereocenters. The van der Waals surface area contributed by atoms with Gasteiger partial charge in [-0.1, -0.05) is 53.5 Å². The highest BCUT2D eigenvalue weighted by Crippen LogP contribution is 2.27. The molecule has 3 nitrogen and oxygen atoms in total. The third-order valence-corrected chi connectivity index (χ3v) is 3.72. The van der Waals surface area contributed by atoms with Crippen LogP contribution in [0.4, 0.5) is 10.5 Å². The number of nitrogens with one attached hydrogen (secondary N) is 1. The normalized spacial score (nSPS) is 11.0. The lowest BCUT2D eigenvalue weighted by atomic mass is 9.98. The minimum Gasteiger partial charge on any atom is -0.438 e. The summed E-state index contributed by atoms with van der Waals surface area (Å²) in [6, 6.07) is 14.4. The van der Waals surface area contributed by atoms with Crippen LogP contribution in [0, 0.1) is 0 Å². The van der Waals surface area contributed by atoms with Gasteiger partial charge in [0.1, 0.15) is 5.60 Å². The fourth-order valence-electron chi connectivity index (χ4n) is 1.85. The van der Waals surface area contributed by atoms with E-state index in [0.29, 0.717) is 15.7 Å². The fourth-order valence-corrected chi connectivity index (χ4v) is 2.15. The lowest BCUT2D eigenvalue weighted by Gasteiger charge is -2.25. The molecule has 0 spiro atoms. The Kier molecular flexibility index (Phi) is 4.76. The van der Waals surface area contributed by atoms with E-state index in [-0.39, 0.29) is 0 Å². The van der Waals surface area contributed by atoms with E-state index >= 15 is 0 Å². The monoisotopic (exact) mass is 323 g/mol. The van der Waals surface area contributed by atoms with E-state index in [2.05, 4.69) is 5.32 Å². The molecule has 0 aliphatic carbocycles. The van der Waals surface area contributed by atoms with Crippen LogP contribution in [0.15, 0.2) is 48.5 Å². The SMILES string of the molecule is CC(C)(OC(=O)Nc1ccc(Cl)c(Cl)c1)c1ccccc1. The average Bonchev–Trinajstić information content (AvgIpc) is 2.43. The second kappa shape index (κ2) is 6.37. The Morgan fingerprint density at radius 2 is 1.71 bits per heavy atom. The van der Waals surface area contributed by atoms with Crippen molar-refractivity contribution in [2.75, 3.05) is 5.32 Å². The highest BCUT2D eigenvalue weighted by Gasteiger charge is 2.25. The first-order valence-corrected chi connectivity index (χ1v) is 7.14. The number of halogens is 2. The van der Waals surface area contributed by atoms with Crippen LogP contribution in [0.5, 0.6) is 0 Å². The highest BCUT2D eigenvalue weighted by atomic mass is 35.5. The smallest absolute Gasteiger partial charge is 0.412 e. The van der Waals surface area contributed by atoms with Gasteiger partial charge in [0.25, 0.3) is 0 Å². The van der Waals surface area contributed by atoms with Gasteiger partial charge in [-0.3, -0.25) is 5.32 Å². The molecule has 2 rings (SSSR count). The Morgan fingerprint density at radius 3 is 2.33 bits per heavy atom. The van der Waals surface area contributed by atoms with E-state index in [9.17, 15) is 4.79 Å². The van der Waals surface area contributed by atoms with E-state index in [0.717, 1.165) is 5.56 Å². The summed E-state index contributed by atoms with van der Waals surface area (Å²) in [6.45, 7) is 3.66. The number of hydrogen-bond donors (Lipinski definition) is 1. The minimum atomic E-state index is -0.735. The van der Waals surface area contributed by atoms with Gasteiger partial charge in [-0.25, -0.2) is 4.79 Å². The van der Waals surface area contributed by atoms with Gasteiger partial charge >= 0.3 is 6.09 Å². The van der Waals surface area contributed by atoms with E-state index in [1.807, 2.05) is 44.2 Å². The molecule has 21 heavy (non-hydrogen) atoms. The van der Waals surface area contributed by atoms with Crippen molar-refractivity contribution in [2.24, 2.45) is 0 Å². The second-order valence-corrected chi connectivity index (χ2v) is 5.83. The lowest BCUT2D eigenvalue weighted by molar-refractivity contribution is 0.0467. The molecule has 2 aromatic carbocycles. The molecule has 0 saturated carbocycles. The lowest BCUT2D eigenvalue weighted by Crippen LogP contribution is -2.28. The zero-order valence-corrected chi connectivity index (χ0v) is 13.2. The summed E-state index contributed by atoms with van der Waals surface area (Å²) in [5.41, 5.74) is 0.703. The van der Waals surface area contributed by atoms with Crippen LogP contribution in [-0.4, -0.2) is 6.09 Å². The molecule has 2 aromatic rings. The molecule has 110 valence electrons. The van der Waals surface area contributed by atoms with Gasteiger partial charge in [-0.15, -0.1) is 0 Å². The van der Waals surface area contributed by atoms with Crippen LogP contribution in [0.1, 0.15) is 19.4 Å². The molecule has 0 aliphatic heterocycles. The molecule has 0 aromatic heterocycles. The van der Waals surface area contributed by atoms with E-state index in [1.54, 1.807) is 18.2 Å². The standard InChI is InChI=1S/C16H15Cl2NO2/c1-16(2,11-6-4-3-5-7-11)21-15(20)19-12-8-9-13(17)14(18)10-12/h3-10H,1-2H3,(H,19,20). The first-order chi connectivity index (χ1) is 9.88. The fraction of sp³-hybridized carbons (Fsp3) is 0.188. The molecule has 0 fully saturated rings. The van der Waals surface area contributed by atoms with E-state index in [4.69, 9.17) is 27.9 Å². The molecule has 5 heteroatoms. The van der Waals surface area contributed by atoms with Gasteiger partial charge in [0.15, 0.2) is 0 Å². The van der Waals surface area contributed by atoms with Gasteiger partial charge in [-0.05, 0) is 37.6 Å². The third kappa shape index (κ3) is 4.13. The zero-order valence-electron chi connectivity index (χ0n) is 11.7. The van der Waals surface area contributed by atoms with Crippen LogP contribution in [0.25, 0.3) is 0 Å². The molecule has 0 aliphatic rings. The average molecular weight is 324 g/mol. The van der Waals surface area contributed by atoms with E-state index < -0.39 is 11.7 Å². The Balaban J connectivity index is 2.06. The molecule has 0 saturated heterocycles. The van der Waals surface area contributed by atoms with Crippen molar-refractivity contribution >= 4 is 35.0 Å². The number of hydrogen-bond acceptors (Lipinski definition) is 2. The maximum atomic E-state index is 12.0. The molecular formula is C16H15Cl2NO2. The Labute approximate surface area is 133 Å². The predicted octanol–water partition coefficient (Wildman–Crippen LogP) is 5.48. The van der Waals surface area contributed by atoms with Crippen molar-refractivity contribution < 1.29 is 9.53 Å². The summed E-state index contributed by atoms with van der Waals surface area (Å²) in [5, 5.41) is 3.43. The molecule has 0 unspecified atom stereocenters. The summed E-state index contributed by atoms with van der Waals surface area (Å²) in [7, 11) is 0. The minimum absolute atomic E-state index is 0.372. The molecule has 0 heterocycles. The molecule has 0 bridgehead atoms. The summed E-state index contributed by atoms with van der Waals surface area (Å²) in [5.74, 6) is 0. The second-order valence-electron chi connectivity index (χ2n) is 5.02. The van der Waals surface area contributed by atoms with Gasteiger partial charge in [0.2, 0.25) is 0 Å². The van der Waals surface area contributed by atoms with Gasteiger partial charge in [0.05, 0.1) is 10.0 Å². The Morgan fingerprint density at radius 1 is 1.05 bits per heavy atom. The van der Waals surface area contributed by atoms with Crippen LogP contribution < -0.4 is 5.32 Å². The van der Waals surface area contributed by atoms with Crippen molar-refractivity contribution in [1.29, 1.82) is 0 Å². The summed E-state index contributed by atoms with van der Waals surface area (Å²) >= 11 is 11.7. The van der Waals surface area contributed by atoms with Crippen molar-refractivity contribution in [3.63, 3.8) is 0 Å². The largest absolute Gasteiger partial charge is 0.438 e. The van der Waals surface area contributed by atoms with Crippen molar-refractivity contribution in [2.45, 2.75) is 19.4 Å². The number of rotatable bonds is 3. The van der Waals surface area contributed by atoms with Gasteiger partial charge in [0, 0.05) is 5.69 Å². The quantitative estimate of drug-likeness (QED) is 0.812. The molecule has 0 radical (unpaired) electrons. The first-order valence-electron chi connectivity index (χ1n) is 6.39. The summed E-state index contributed by atoms with van der Waals surface area (Å²) in [6.07, 6.45) is -0.553. The number of carbonyl (C=O) groups excluding carboxylic acids is 1. The van der Waals surface area contributed by atoms with Crippen LogP contribution >= 0.6 is 23.2 Å². The van der Waals surface area contributed by atoms with Gasteiger partial charge < -0.3 is 4.74 Å². The predicted molar refractivity (Wildman–Crippen MR) is 86.0 cm³/mol. The molecular weight excluding hydrogens is 309 g/mol. The molecule has 1 N–H and O–H groups in total. The first kappa shape index (κ1) is 15.7. The third-order valence-electron chi connectivity index (χ3n) is 2.98. The summed E-state index contributed by atoms with van der Waals surface area (Å²) < 4.78 is 5.47. The van der Waals surface area contributed by atoms with Crippen LogP contribution in [0.2, 0.25) is 10.0 Å². The number of ether oxygens (including phenoxy) is 1. The Bertz CT molecular complexity index is 642. The van der Waals surface area contributed by atoms with Crippen LogP contribution in [-0.2, 0) is 10.3 Å². The maximum absolute atomic E-state index is 12.0. The molecule has 1 amide bonds. The highest BCUT2D eigenvalue weighted by molar-refractivity contribution is 6.42. The van der Waals surface area contributed by atoms with Crippen molar-refractivity contribution in [1.82, 2.24) is 0 Å². The van der Waals surface area contributed by atoms with Crippen LogP contribution in [0.3, 0.4) is 0 Å².